The van der Waals surface area contributed by atoms with E-state index in [1.54, 1.807) is 36.0 Å². The maximum atomic E-state index is 5.30. The molecule has 0 unspecified atom stereocenters. The third kappa shape index (κ3) is 3.70. The molecule has 3 aromatic heterocycles. The number of hydrogen-bond donors (Lipinski definition) is 1. The molecule has 0 bridgehead atoms. The van der Waals surface area contributed by atoms with Gasteiger partial charge in [-0.1, -0.05) is 29.5 Å². The molecular formula is C22H16N4OS2. The highest BCUT2D eigenvalue weighted by molar-refractivity contribution is 7.22. The van der Waals surface area contributed by atoms with Crippen molar-refractivity contribution < 1.29 is 4.74 Å². The lowest BCUT2D eigenvalue weighted by atomic mass is 10.1. The SMILES string of the molecule is COc1ccc2nc(Nc3cccc(-c4csc(-c5ccccn5)n4)c3)sc2c1. The third-order valence-electron chi connectivity index (χ3n) is 4.39. The molecule has 1 N–H and O–H groups in total. The number of rotatable bonds is 5. The van der Waals surface area contributed by atoms with Gasteiger partial charge in [-0.2, -0.15) is 0 Å². The highest BCUT2D eigenvalue weighted by Crippen LogP contribution is 2.33. The maximum absolute atomic E-state index is 5.30. The number of methoxy groups -OCH3 is 1. The second-order valence-electron chi connectivity index (χ2n) is 6.31. The molecule has 0 radical (unpaired) electrons. The van der Waals surface area contributed by atoms with Gasteiger partial charge in [0.1, 0.15) is 10.8 Å². The van der Waals surface area contributed by atoms with Crippen LogP contribution in [0.15, 0.2) is 72.2 Å². The Balaban J connectivity index is 1.41. The van der Waals surface area contributed by atoms with Gasteiger partial charge in [-0.05, 0) is 42.5 Å². The summed E-state index contributed by atoms with van der Waals surface area (Å²) in [6.45, 7) is 0. The molecule has 3 heterocycles. The second kappa shape index (κ2) is 7.62. The van der Waals surface area contributed by atoms with Crippen LogP contribution in [0.1, 0.15) is 0 Å². The first-order valence-electron chi connectivity index (χ1n) is 8.97. The fraction of sp³-hybridized carbons (Fsp3) is 0.0455. The average Bonchev–Trinajstić information content (AvgIpc) is 3.41. The van der Waals surface area contributed by atoms with E-state index >= 15 is 0 Å². The largest absolute Gasteiger partial charge is 0.497 e. The smallest absolute Gasteiger partial charge is 0.188 e. The first-order valence-corrected chi connectivity index (χ1v) is 10.7. The van der Waals surface area contributed by atoms with Crippen LogP contribution in [0.4, 0.5) is 10.8 Å². The number of nitrogens with one attached hydrogen (secondary N) is 1. The first kappa shape index (κ1) is 17.8. The predicted molar refractivity (Wildman–Crippen MR) is 120 cm³/mol. The Kier molecular flexibility index (Phi) is 4.67. The highest BCUT2D eigenvalue weighted by atomic mass is 32.1. The van der Waals surface area contributed by atoms with Crippen molar-refractivity contribution in [2.24, 2.45) is 0 Å². The van der Waals surface area contributed by atoms with Crippen molar-refractivity contribution in [3.05, 3.63) is 72.2 Å². The van der Waals surface area contributed by atoms with Gasteiger partial charge in [-0.15, -0.1) is 11.3 Å². The van der Waals surface area contributed by atoms with Crippen LogP contribution in [0, 0.1) is 0 Å². The molecule has 29 heavy (non-hydrogen) atoms. The molecule has 0 saturated carbocycles. The third-order valence-corrected chi connectivity index (χ3v) is 6.19. The van der Waals surface area contributed by atoms with E-state index in [2.05, 4.69) is 32.8 Å². The molecule has 142 valence electrons. The number of benzene rings is 2. The van der Waals surface area contributed by atoms with Crippen LogP contribution in [-0.4, -0.2) is 22.1 Å². The number of nitrogens with zero attached hydrogens (tertiary/aromatic N) is 3. The lowest BCUT2D eigenvalue weighted by molar-refractivity contribution is 0.415. The number of thiazole rings is 2. The van der Waals surface area contributed by atoms with Crippen LogP contribution in [0.2, 0.25) is 0 Å². The molecule has 0 spiro atoms. The Labute approximate surface area is 175 Å². The Morgan fingerprint density at radius 1 is 0.931 bits per heavy atom. The van der Waals surface area contributed by atoms with Gasteiger partial charge in [-0.25, -0.2) is 9.97 Å². The minimum atomic E-state index is 0.835. The molecule has 0 amide bonds. The quantitative estimate of drug-likeness (QED) is 0.368. The van der Waals surface area contributed by atoms with E-state index in [-0.39, 0.29) is 0 Å². The fourth-order valence-corrected chi connectivity index (χ4v) is 4.70. The van der Waals surface area contributed by atoms with Gasteiger partial charge in [0.15, 0.2) is 5.13 Å². The number of hydrogen-bond acceptors (Lipinski definition) is 7. The van der Waals surface area contributed by atoms with Gasteiger partial charge in [0.05, 0.1) is 28.7 Å². The summed E-state index contributed by atoms with van der Waals surface area (Å²) in [4.78, 5) is 13.8. The van der Waals surface area contributed by atoms with Crippen molar-refractivity contribution in [2.75, 3.05) is 12.4 Å². The van der Waals surface area contributed by atoms with Crippen molar-refractivity contribution in [1.82, 2.24) is 15.0 Å². The van der Waals surface area contributed by atoms with Gasteiger partial charge >= 0.3 is 0 Å². The van der Waals surface area contributed by atoms with Crippen LogP contribution in [-0.2, 0) is 0 Å². The molecular weight excluding hydrogens is 400 g/mol. The van der Waals surface area contributed by atoms with Crippen molar-refractivity contribution in [3.63, 3.8) is 0 Å². The molecule has 0 fully saturated rings. The molecule has 5 nitrogen and oxygen atoms in total. The Bertz CT molecular complexity index is 1280. The molecule has 0 aliphatic heterocycles. The summed E-state index contributed by atoms with van der Waals surface area (Å²) in [5, 5.41) is 7.23. The molecule has 5 aromatic rings. The summed E-state index contributed by atoms with van der Waals surface area (Å²) in [6.07, 6.45) is 1.79. The summed E-state index contributed by atoms with van der Waals surface area (Å²) in [5.41, 5.74) is 4.81. The van der Waals surface area contributed by atoms with Crippen LogP contribution < -0.4 is 10.1 Å². The lowest BCUT2D eigenvalue weighted by Gasteiger charge is -2.04. The lowest BCUT2D eigenvalue weighted by Crippen LogP contribution is -1.90. The fourth-order valence-electron chi connectivity index (χ4n) is 2.98. The number of fused-ring (bicyclic) bond motifs is 1. The van der Waals surface area contributed by atoms with Crippen molar-refractivity contribution in [2.45, 2.75) is 0 Å². The Morgan fingerprint density at radius 2 is 1.90 bits per heavy atom. The Morgan fingerprint density at radius 3 is 2.76 bits per heavy atom. The zero-order valence-electron chi connectivity index (χ0n) is 15.5. The van der Waals surface area contributed by atoms with Crippen LogP contribution in [0.3, 0.4) is 0 Å². The summed E-state index contributed by atoms with van der Waals surface area (Å²) in [5.74, 6) is 0.835. The summed E-state index contributed by atoms with van der Waals surface area (Å²) in [6, 6.07) is 20.0. The standard InChI is InChI=1S/C22H16N4OS2/c1-27-16-8-9-17-20(12-16)29-22(26-17)24-15-6-4-5-14(11-15)19-13-28-21(25-19)18-7-2-3-10-23-18/h2-13H,1H3,(H,24,26). The van der Waals surface area contributed by atoms with Gasteiger partial charge in [-0.3, -0.25) is 4.98 Å². The van der Waals surface area contributed by atoms with Crippen LogP contribution in [0.5, 0.6) is 5.75 Å². The normalized spacial score (nSPS) is 10.9. The zero-order valence-corrected chi connectivity index (χ0v) is 17.1. The van der Waals surface area contributed by atoms with Gasteiger partial charge < -0.3 is 10.1 Å². The van der Waals surface area contributed by atoms with E-state index in [0.29, 0.717) is 0 Å². The number of pyridine rings is 1. The molecule has 0 aliphatic carbocycles. The highest BCUT2D eigenvalue weighted by Gasteiger charge is 2.09. The molecule has 7 heteroatoms. The topological polar surface area (TPSA) is 59.9 Å². The molecule has 5 rings (SSSR count). The van der Waals surface area contributed by atoms with Gasteiger partial charge in [0, 0.05) is 22.8 Å². The second-order valence-corrected chi connectivity index (χ2v) is 8.20. The van der Waals surface area contributed by atoms with E-state index in [4.69, 9.17) is 9.72 Å². The van der Waals surface area contributed by atoms with Crippen LogP contribution in [0.25, 0.3) is 32.2 Å². The minimum absolute atomic E-state index is 0.835. The molecule has 2 aromatic carbocycles. The summed E-state index contributed by atoms with van der Waals surface area (Å²) >= 11 is 3.20. The Hall–Kier alpha value is -3.29. The predicted octanol–water partition coefficient (Wildman–Crippen LogP) is 6.23. The monoisotopic (exact) mass is 416 g/mol. The van der Waals surface area contributed by atoms with Crippen molar-refractivity contribution in [1.29, 1.82) is 0 Å². The van der Waals surface area contributed by atoms with Gasteiger partial charge in [0.2, 0.25) is 0 Å². The van der Waals surface area contributed by atoms with E-state index < -0.39 is 0 Å². The molecule has 0 atom stereocenters. The molecule has 0 aliphatic rings. The number of anilines is 2. The van der Waals surface area contributed by atoms with Gasteiger partial charge in [0.25, 0.3) is 0 Å². The number of ether oxygens (including phenoxy) is 1. The minimum Gasteiger partial charge on any atom is -0.497 e. The zero-order chi connectivity index (χ0) is 19.6. The van der Waals surface area contributed by atoms with Crippen molar-refractivity contribution in [3.8, 4) is 27.7 Å². The summed E-state index contributed by atoms with van der Waals surface area (Å²) in [7, 11) is 1.67. The first-order chi connectivity index (χ1) is 14.3. The van der Waals surface area contributed by atoms with Crippen molar-refractivity contribution >= 4 is 43.7 Å². The van der Waals surface area contributed by atoms with Crippen LogP contribution >= 0.6 is 22.7 Å². The summed E-state index contributed by atoms with van der Waals surface area (Å²) < 4.78 is 6.38. The van der Waals surface area contributed by atoms with E-state index in [1.165, 1.54) is 0 Å². The number of aromatic nitrogens is 3. The van der Waals surface area contributed by atoms with E-state index in [9.17, 15) is 0 Å². The molecule has 0 saturated heterocycles. The van der Waals surface area contributed by atoms with E-state index in [1.807, 2.05) is 48.5 Å². The average molecular weight is 417 g/mol. The maximum Gasteiger partial charge on any atom is 0.188 e. The van der Waals surface area contributed by atoms with E-state index in [0.717, 1.165) is 48.7 Å².